The number of likely N-dealkylation sites (tertiary alicyclic amines) is 2. The molecule has 0 saturated carbocycles. The summed E-state index contributed by atoms with van der Waals surface area (Å²) in [5, 5.41) is 0. The van der Waals surface area contributed by atoms with E-state index in [0.29, 0.717) is 12.5 Å². The quantitative estimate of drug-likeness (QED) is 0.664. The van der Waals surface area contributed by atoms with Crippen molar-refractivity contribution >= 4 is 18.3 Å². The number of pyridine rings is 1. The average molecular weight is 486 g/mol. The molecule has 184 valence electrons. The average Bonchev–Trinajstić information content (AvgIpc) is 3.11. The van der Waals surface area contributed by atoms with E-state index in [-0.39, 0.29) is 29.8 Å². The molecule has 5 rings (SSSR count). The van der Waals surface area contributed by atoms with Crippen LogP contribution in [0.15, 0.2) is 35.4 Å². The molecule has 2 aromatic heterocycles. The van der Waals surface area contributed by atoms with E-state index in [4.69, 9.17) is 4.98 Å². The van der Waals surface area contributed by atoms with Crippen LogP contribution >= 0.6 is 12.4 Å². The van der Waals surface area contributed by atoms with E-state index in [0.717, 1.165) is 95.6 Å². The van der Waals surface area contributed by atoms with E-state index in [2.05, 4.69) is 22.0 Å². The second kappa shape index (κ2) is 11.5. The van der Waals surface area contributed by atoms with Gasteiger partial charge in [0.25, 0.3) is 5.56 Å². The van der Waals surface area contributed by atoms with E-state index in [1.807, 2.05) is 21.9 Å². The summed E-state index contributed by atoms with van der Waals surface area (Å²) >= 11 is 0. The fourth-order valence-electron chi connectivity index (χ4n) is 5.77. The van der Waals surface area contributed by atoms with Gasteiger partial charge in [0.2, 0.25) is 5.91 Å². The minimum Gasteiger partial charge on any atom is -0.342 e. The molecule has 2 saturated heterocycles. The molecule has 1 unspecified atom stereocenters. The van der Waals surface area contributed by atoms with Crippen molar-refractivity contribution < 1.29 is 4.79 Å². The van der Waals surface area contributed by atoms with Gasteiger partial charge >= 0.3 is 0 Å². The molecule has 0 radical (unpaired) electrons. The molecule has 0 spiro atoms. The van der Waals surface area contributed by atoms with Crippen LogP contribution in [0.2, 0.25) is 0 Å². The van der Waals surface area contributed by atoms with Crippen LogP contribution in [0, 0.1) is 0 Å². The van der Waals surface area contributed by atoms with Gasteiger partial charge in [-0.3, -0.25) is 24.0 Å². The molecular formula is C26H36ClN5O2. The third-order valence-electron chi connectivity index (χ3n) is 7.70. The third kappa shape index (κ3) is 5.69. The summed E-state index contributed by atoms with van der Waals surface area (Å²) in [6.45, 7) is 4.68. The highest BCUT2D eigenvalue weighted by Gasteiger charge is 2.28. The van der Waals surface area contributed by atoms with E-state index in [1.165, 1.54) is 5.56 Å². The summed E-state index contributed by atoms with van der Waals surface area (Å²) in [5.74, 6) is 1.96. The minimum atomic E-state index is 0. The van der Waals surface area contributed by atoms with Gasteiger partial charge in [-0.1, -0.05) is 6.42 Å². The smallest absolute Gasteiger partial charge is 0.253 e. The molecule has 0 aromatic carbocycles. The molecule has 0 aliphatic carbocycles. The zero-order chi connectivity index (χ0) is 22.6. The van der Waals surface area contributed by atoms with Gasteiger partial charge in [0.1, 0.15) is 5.82 Å². The molecule has 3 aliphatic rings. The van der Waals surface area contributed by atoms with Gasteiger partial charge in [-0.05, 0) is 68.7 Å². The van der Waals surface area contributed by atoms with Crippen LogP contribution < -0.4 is 5.56 Å². The fourth-order valence-corrected chi connectivity index (χ4v) is 5.77. The van der Waals surface area contributed by atoms with Gasteiger partial charge in [-0.15, -0.1) is 12.4 Å². The second-order valence-corrected chi connectivity index (χ2v) is 9.91. The van der Waals surface area contributed by atoms with Gasteiger partial charge in [0.15, 0.2) is 0 Å². The SMILES string of the molecule is Cl.O=C(CN1CCCC(c2cc(=O)n3c(n2)CCCCC3)C1)N1CCC(c2ccncc2)CC1. The lowest BCUT2D eigenvalue weighted by Gasteiger charge is -2.36. The summed E-state index contributed by atoms with van der Waals surface area (Å²) in [7, 11) is 0. The van der Waals surface area contributed by atoms with Crippen LogP contribution in [0.1, 0.15) is 73.9 Å². The Hall–Kier alpha value is -2.25. The van der Waals surface area contributed by atoms with Crippen LogP contribution in [-0.2, 0) is 17.8 Å². The topological polar surface area (TPSA) is 71.3 Å². The van der Waals surface area contributed by atoms with Gasteiger partial charge in [-0.2, -0.15) is 0 Å². The molecule has 2 fully saturated rings. The number of carbonyl (C=O) groups is 1. The molecule has 7 nitrogen and oxygen atoms in total. The number of aryl methyl sites for hydroxylation is 1. The number of hydrogen-bond donors (Lipinski definition) is 0. The van der Waals surface area contributed by atoms with Crippen molar-refractivity contribution in [2.24, 2.45) is 0 Å². The number of carbonyl (C=O) groups excluding carboxylic acids is 1. The number of nitrogens with zero attached hydrogens (tertiary/aromatic N) is 5. The molecule has 3 aliphatic heterocycles. The van der Waals surface area contributed by atoms with Crippen molar-refractivity contribution in [2.75, 3.05) is 32.7 Å². The number of aromatic nitrogens is 3. The van der Waals surface area contributed by atoms with Gasteiger partial charge in [-0.25, -0.2) is 4.98 Å². The summed E-state index contributed by atoms with van der Waals surface area (Å²) < 4.78 is 1.87. The Balaban J connectivity index is 0.00000274. The van der Waals surface area contributed by atoms with E-state index < -0.39 is 0 Å². The van der Waals surface area contributed by atoms with Crippen molar-refractivity contribution in [3.63, 3.8) is 0 Å². The summed E-state index contributed by atoms with van der Waals surface area (Å²) in [6, 6.07) is 5.95. The molecule has 2 aromatic rings. The van der Waals surface area contributed by atoms with Crippen LogP contribution in [0.25, 0.3) is 0 Å². The minimum absolute atomic E-state index is 0. The number of hydrogen-bond acceptors (Lipinski definition) is 5. The molecule has 34 heavy (non-hydrogen) atoms. The van der Waals surface area contributed by atoms with Crippen molar-refractivity contribution in [3.8, 4) is 0 Å². The van der Waals surface area contributed by atoms with Crippen LogP contribution in [0.3, 0.4) is 0 Å². The maximum Gasteiger partial charge on any atom is 0.253 e. The van der Waals surface area contributed by atoms with Crippen LogP contribution in [0.5, 0.6) is 0 Å². The number of rotatable bonds is 4. The molecule has 1 atom stereocenters. The van der Waals surface area contributed by atoms with E-state index in [9.17, 15) is 9.59 Å². The lowest BCUT2D eigenvalue weighted by atomic mass is 9.90. The van der Waals surface area contributed by atoms with E-state index in [1.54, 1.807) is 6.07 Å². The molecule has 0 N–H and O–H groups in total. The predicted octanol–water partition coefficient (Wildman–Crippen LogP) is 3.37. The Labute approximate surface area is 208 Å². The first-order valence-corrected chi connectivity index (χ1v) is 12.7. The first kappa shape index (κ1) is 24.9. The zero-order valence-electron chi connectivity index (χ0n) is 19.9. The standard InChI is InChI=1S/C26H35N5O2.ClH/c32-25-17-23(28-24-6-2-1-3-14-31(24)25)22-5-4-13-29(18-22)19-26(33)30-15-9-21(10-16-30)20-7-11-27-12-8-20;/h7-8,11-12,17,21-22H,1-6,9-10,13-16,18-19H2;1H. The number of halogens is 1. The Kier molecular flexibility index (Phi) is 8.37. The number of amides is 1. The highest BCUT2D eigenvalue weighted by Crippen LogP contribution is 2.29. The maximum absolute atomic E-state index is 13.0. The zero-order valence-corrected chi connectivity index (χ0v) is 20.7. The van der Waals surface area contributed by atoms with Crippen molar-refractivity contribution in [3.05, 3.63) is 58.0 Å². The van der Waals surface area contributed by atoms with Crippen LogP contribution in [-0.4, -0.2) is 63.0 Å². The number of fused-ring (bicyclic) bond motifs is 1. The molecule has 5 heterocycles. The van der Waals surface area contributed by atoms with Gasteiger partial charge in [0, 0.05) is 57.0 Å². The lowest BCUT2D eigenvalue weighted by molar-refractivity contribution is -0.133. The molecule has 1 amide bonds. The Morgan fingerprint density at radius 3 is 2.53 bits per heavy atom. The summed E-state index contributed by atoms with van der Waals surface area (Å²) in [5.41, 5.74) is 2.37. The molecule has 8 heteroatoms. The third-order valence-corrected chi connectivity index (χ3v) is 7.70. The second-order valence-electron chi connectivity index (χ2n) is 9.91. The highest BCUT2D eigenvalue weighted by molar-refractivity contribution is 5.85. The Bertz CT molecular complexity index is 1020. The Morgan fingerprint density at radius 1 is 0.941 bits per heavy atom. The van der Waals surface area contributed by atoms with Crippen LogP contribution in [0.4, 0.5) is 0 Å². The van der Waals surface area contributed by atoms with Crippen molar-refractivity contribution in [2.45, 2.75) is 69.7 Å². The maximum atomic E-state index is 13.0. The van der Waals surface area contributed by atoms with E-state index >= 15 is 0 Å². The lowest BCUT2D eigenvalue weighted by Crippen LogP contribution is -2.46. The molecule has 0 bridgehead atoms. The first-order chi connectivity index (χ1) is 16.2. The van der Waals surface area contributed by atoms with Gasteiger partial charge in [0.05, 0.1) is 12.2 Å². The monoisotopic (exact) mass is 485 g/mol. The predicted molar refractivity (Wildman–Crippen MR) is 135 cm³/mol. The van der Waals surface area contributed by atoms with Crippen molar-refractivity contribution in [1.29, 1.82) is 0 Å². The highest BCUT2D eigenvalue weighted by atomic mass is 35.5. The van der Waals surface area contributed by atoms with Crippen molar-refractivity contribution in [1.82, 2.24) is 24.3 Å². The fraction of sp³-hybridized carbons (Fsp3) is 0.615. The van der Waals surface area contributed by atoms with Gasteiger partial charge < -0.3 is 4.90 Å². The molecular weight excluding hydrogens is 450 g/mol. The summed E-state index contributed by atoms with van der Waals surface area (Å²) in [4.78, 5) is 39.1. The largest absolute Gasteiger partial charge is 0.342 e. The summed E-state index contributed by atoms with van der Waals surface area (Å²) in [6.07, 6.45) is 12.1. The normalized spacial score (nSPS) is 21.9. The first-order valence-electron chi connectivity index (χ1n) is 12.7. The number of piperidine rings is 2. The Morgan fingerprint density at radius 2 is 1.74 bits per heavy atom.